The van der Waals surface area contributed by atoms with Crippen LogP contribution in [0.1, 0.15) is 5.56 Å². The van der Waals surface area contributed by atoms with Crippen molar-refractivity contribution in [2.45, 2.75) is 0 Å². The van der Waals surface area contributed by atoms with E-state index in [9.17, 15) is 4.39 Å². The second-order valence-corrected chi connectivity index (χ2v) is 2.33. The molecule has 0 unspecified atom stereocenters. The Bertz CT molecular complexity index is 292. The van der Waals surface area contributed by atoms with Gasteiger partial charge in [-0.25, -0.2) is 9.37 Å². The molecule has 0 fully saturated rings. The van der Waals surface area contributed by atoms with Crippen LogP contribution < -0.4 is 0 Å². The van der Waals surface area contributed by atoms with Gasteiger partial charge in [-0.15, -0.1) is 0 Å². The average molecular weight is 201 g/mol. The van der Waals surface area contributed by atoms with E-state index in [1.807, 2.05) is 0 Å². The van der Waals surface area contributed by atoms with E-state index in [4.69, 9.17) is 5.26 Å². The van der Waals surface area contributed by atoms with E-state index in [0.29, 0.717) is 0 Å². The maximum Gasteiger partial charge on any atom is 0.173 e. The van der Waals surface area contributed by atoms with Crippen molar-refractivity contribution in [3.05, 3.63) is 28.2 Å². The smallest absolute Gasteiger partial charge is 0.173 e. The van der Waals surface area contributed by atoms with Crippen molar-refractivity contribution in [2.24, 2.45) is 0 Å². The molecular weight excluding hydrogens is 199 g/mol. The van der Waals surface area contributed by atoms with Crippen LogP contribution in [0.15, 0.2) is 16.9 Å². The molecule has 0 atom stereocenters. The Labute approximate surface area is 65.4 Å². The molecule has 0 saturated heterocycles. The van der Waals surface area contributed by atoms with Crippen molar-refractivity contribution < 1.29 is 4.39 Å². The Balaban J connectivity index is 3.31. The first kappa shape index (κ1) is 7.16. The summed E-state index contributed by atoms with van der Waals surface area (Å²) >= 11 is 2.85. The van der Waals surface area contributed by atoms with E-state index in [1.165, 1.54) is 12.3 Å². The first-order chi connectivity index (χ1) is 4.75. The summed E-state index contributed by atoms with van der Waals surface area (Å²) in [4.78, 5) is 3.58. The lowest BCUT2D eigenvalue weighted by Crippen LogP contribution is -1.86. The lowest BCUT2D eigenvalue weighted by Gasteiger charge is -1.92. The number of nitriles is 1. The van der Waals surface area contributed by atoms with Crippen molar-refractivity contribution in [1.82, 2.24) is 4.98 Å². The van der Waals surface area contributed by atoms with E-state index in [2.05, 4.69) is 20.9 Å². The molecule has 0 aliphatic heterocycles. The van der Waals surface area contributed by atoms with Gasteiger partial charge in [-0.2, -0.15) is 5.26 Å². The van der Waals surface area contributed by atoms with Gasteiger partial charge in [0.05, 0.1) is 5.56 Å². The standard InChI is InChI=1S/C6H2BrFN2/c7-6-5(8)4(3-9)1-2-10-6/h1-2H. The van der Waals surface area contributed by atoms with E-state index in [0.717, 1.165) is 0 Å². The van der Waals surface area contributed by atoms with Crippen LogP contribution in [0.3, 0.4) is 0 Å². The van der Waals surface area contributed by atoms with E-state index < -0.39 is 5.82 Å². The molecule has 0 spiro atoms. The first-order valence-electron chi connectivity index (χ1n) is 2.46. The molecule has 10 heavy (non-hydrogen) atoms. The number of pyridine rings is 1. The third-order valence-corrected chi connectivity index (χ3v) is 1.52. The van der Waals surface area contributed by atoms with Gasteiger partial charge in [0.1, 0.15) is 10.7 Å². The third kappa shape index (κ3) is 1.14. The highest BCUT2D eigenvalue weighted by Crippen LogP contribution is 2.13. The van der Waals surface area contributed by atoms with Gasteiger partial charge >= 0.3 is 0 Å². The van der Waals surface area contributed by atoms with E-state index in [1.54, 1.807) is 6.07 Å². The Hall–Kier alpha value is -0.950. The van der Waals surface area contributed by atoms with Crippen LogP contribution in [0.5, 0.6) is 0 Å². The molecule has 1 aromatic heterocycles. The summed E-state index contributed by atoms with van der Waals surface area (Å²) in [5.41, 5.74) is 0.00174. The molecule has 1 rings (SSSR count). The maximum atomic E-state index is 12.7. The molecule has 0 N–H and O–H groups in total. The molecule has 0 bridgehead atoms. The molecule has 4 heteroatoms. The molecule has 2 nitrogen and oxygen atoms in total. The lowest BCUT2D eigenvalue weighted by molar-refractivity contribution is 0.609. The molecular formula is C6H2BrFN2. The van der Waals surface area contributed by atoms with Gasteiger partial charge in [0.15, 0.2) is 5.82 Å². The maximum absolute atomic E-state index is 12.7. The molecule has 1 aromatic rings. The topological polar surface area (TPSA) is 36.7 Å². The van der Waals surface area contributed by atoms with Gasteiger partial charge in [0.25, 0.3) is 0 Å². The summed E-state index contributed by atoms with van der Waals surface area (Å²) in [7, 11) is 0. The van der Waals surface area contributed by atoms with Crippen LogP contribution in [-0.4, -0.2) is 4.98 Å². The van der Waals surface area contributed by atoms with Gasteiger partial charge in [0, 0.05) is 6.20 Å². The van der Waals surface area contributed by atoms with Gasteiger partial charge in [-0.05, 0) is 22.0 Å². The molecule has 0 saturated carbocycles. The summed E-state index contributed by atoms with van der Waals surface area (Å²) in [6.07, 6.45) is 1.37. The average Bonchev–Trinajstić information content (AvgIpc) is 1.95. The molecule has 1 heterocycles. The molecule has 0 aromatic carbocycles. The minimum Gasteiger partial charge on any atom is -0.246 e. The minimum atomic E-state index is -0.606. The second kappa shape index (κ2) is 2.76. The Morgan fingerprint density at radius 2 is 2.40 bits per heavy atom. The third-order valence-electron chi connectivity index (χ3n) is 0.967. The van der Waals surface area contributed by atoms with Crippen LogP contribution in [-0.2, 0) is 0 Å². The van der Waals surface area contributed by atoms with E-state index in [-0.39, 0.29) is 10.2 Å². The van der Waals surface area contributed by atoms with Crippen molar-refractivity contribution >= 4 is 15.9 Å². The summed E-state index contributed by atoms with van der Waals surface area (Å²) in [6, 6.07) is 3.01. The van der Waals surface area contributed by atoms with Gasteiger partial charge in [0.2, 0.25) is 0 Å². The number of hydrogen-bond acceptors (Lipinski definition) is 2. The zero-order valence-corrected chi connectivity index (χ0v) is 6.39. The molecule has 0 radical (unpaired) electrons. The predicted molar refractivity (Wildman–Crippen MR) is 36.6 cm³/mol. The summed E-state index contributed by atoms with van der Waals surface area (Å²) < 4.78 is 12.7. The summed E-state index contributed by atoms with van der Waals surface area (Å²) in [5.74, 6) is -0.606. The highest BCUT2D eigenvalue weighted by atomic mass is 79.9. The normalized spacial score (nSPS) is 8.90. The van der Waals surface area contributed by atoms with Crippen LogP contribution >= 0.6 is 15.9 Å². The highest BCUT2D eigenvalue weighted by molar-refractivity contribution is 9.10. The molecule has 0 aliphatic carbocycles. The van der Waals surface area contributed by atoms with Crippen LogP contribution in [0.25, 0.3) is 0 Å². The van der Waals surface area contributed by atoms with Crippen LogP contribution in [0.2, 0.25) is 0 Å². The largest absolute Gasteiger partial charge is 0.246 e. The fraction of sp³-hybridized carbons (Fsp3) is 0. The predicted octanol–water partition coefficient (Wildman–Crippen LogP) is 1.85. The van der Waals surface area contributed by atoms with Gasteiger partial charge in [-0.1, -0.05) is 0 Å². The van der Waals surface area contributed by atoms with Crippen LogP contribution in [0.4, 0.5) is 4.39 Å². The number of aromatic nitrogens is 1. The fourth-order valence-corrected chi connectivity index (χ4v) is 0.836. The molecule has 50 valence electrons. The zero-order valence-electron chi connectivity index (χ0n) is 4.81. The lowest BCUT2D eigenvalue weighted by atomic mass is 10.3. The number of nitrogens with zero attached hydrogens (tertiary/aromatic N) is 2. The number of rotatable bonds is 0. The van der Waals surface area contributed by atoms with Crippen molar-refractivity contribution in [2.75, 3.05) is 0 Å². The monoisotopic (exact) mass is 200 g/mol. The quantitative estimate of drug-likeness (QED) is 0.600. The Morgan fingerprint density at radius 3 is 2.90 bits per heavy atom. The van der Waals surface area contributed by atoms with Crippen molar-refractivity contribution in [1.29, 1.82) is 5.26 Å². The van der Waals surface area contributed by atoms with Crippen molar-refractivity contribution in [3.63, 3.8) is 0 Å². The first-order valence-corrected chi connectivity index (χ1v) is 3.25. The summed E-state index contributed by atoms with van der Waals surface area (Å²) in [5, 5.41) is 8.30. The highest BCUT2D eigenvalue weighted by Gasteiger charge is 2.04. The molecule has 0 aliphatic rings. The van der Waals surface area contributed by atoms with E-state index >= 15 is 0 Å². The number of hydrogen-bond donors (Lipinski definition) is 0. The van der Waals surface area contributed by atoms with Gasteiger partial charge in [-0.3, -0.25) is 0 Å². The SMILES string of the molecule is N#Cc1ccnc(Br)c1F. The Kier molecular flexibility index (Phi) is 1.97. The van der Waals surface area contributed by atoms with Crippen LogP contribution in [0, 0.1) is 17.1 Å². The summed E-state index contributed by atoms with van der Waals surface area (Å²) in [6.45, 7) is 0. The Morgan fingerprint density at radius 1 is 1.70 bits per heavy atom. The van der Waals surface area contributed by atoms with Gasteiger partial charge < -0.3 is 0 Å². The fourth-order valence-electron chi connectivity index (χ4n) is 0.505. The minimum absolute atomic E-state index is 0.00174. The van der Waals surface area contributed by atoms with Crippen molar-refractivity contribution in [3.8, 4) is 6.07 Å². The second-order valence-electron chi connectivity index (χ2n) is 1.58. The number of halogens is 2. The zero-order chi connectivity index (χ0) is 7.56. The molecule has 0 amide bonds.